The van der Waals surface area contributed by atoms with Crippen molar-refractivity contribution in [1.82, 2.24) is 0 Å². The molecule has 2 aromatic carbocycles. The molecule has 160 valence electrons. The van der Waals surface area contributed by atoms with Crippen LogP contribution < -0.4 is 10.4 Å². The largest absolute Gasteiger partial charge is 0.400 e. The normalized spacial score (nSPS) is 21.4. The van der Waals surface area contributed by atoms with Crippen LogP contribution in [0.1, 0.15) is 34.6 Å². The number of ether oxygens (including phenoxy) is 2. The number of hydrogen-bond donors (Lipinski definition) is 0. The minimum atomic E-state index is -2.77. The van der Waals surface area contributed by atoms with Gasteiger partial charge in [0.15, 0.2) is 17.7 Å². The predicted octanol–water partition coefficient (Wildman–Crippen LogP) is 3.84. The van der Waals surface area contributed by atoms with Gasteiger partial charge in [-0.15, -0.1) is 6.58 Å². The third-order valence-electron chi connectivity index (χ3n) is 5.53. The molecule has 5 heteroatoms. The molecule has 0 aromatic heterocycles. The summed E-state index contributed by atoms with van der Waals surface area (Å²) in [6.07, 6.45) is 0.436. The van der Waals surface area contributed by atoms with E-state index in [1.165, 1.54) is 0 Å². The van der Waals surface area contributed by atoms with Gasteiger partial charge in [-0.3, -0.25) is 4.79 Å². The molecule has 0 bridgehead atoms. The van der Waals surface area contributed by atoms with E-state index in [4.69, 9.17) is 13.9 Å². The summed E-state index contributed by atoms with van der Waals surface area (Å²) < 4.78 is 18.4. The van der Waals surface area contributed by atoms with E-state index in [1.54, 1.807) is 19.9 Å². The lowest BCUT2D eigenvalue weighted by atomic mass is 10.1. The Labute approximate surface area is 181 Å². The van der Waals surface area contributed by atoms with Crippen molar-refractivity contribution >= 4 is 24.5 Å². The molecule has 4 nitrogen and oxygen atoms in total. The van der Waals surface area contributed by atoms with Crippen LogP contribution in [0, 0.1) is 0 Å². The number of benzene rings is 2. The van der Waals surface area contributed by atoms with Crippen LogP contribution in [0.5, 0.6) is 0 Å². The lowest BCUT2D eigenvalue weighted by molar-refractivity contribution is -0.154. The monoisotopic (exact) mass is 424 g/mol. The molecule has 1 aliphatic rings. The van der Waals surface area contributed by atoms with Crippen molar-refractivity contribution in [2.45, 2.75) is 57.7 Å². The Hall–Kier alpha value is -2.05. The number of carbonyl (C=O) groups excluding carboxylic acids is 1. The Balaban J connectivity index is 1.98. The first kappa shape index (κ1) is 22.6. The van der Waals surface area contributed by atoms with E-state index in [-0.39, 0.29) is 17.4 Å². The molecule has 2 aromatic rings. The summed E-state index contributed by atoms with van der Waals surface area (Å²) in [7, 11) is -2.77. The van der Waals surface area contributed by atoms with Gasteiger partial charge in [-0.1, -0.05) is 87.5 Å². The van der Waals surface area contributed by atoms with Gasteiger partial charge in [0.1, 0.15) is 6.10 Å². The molecular weight excluding hydrogens is 392 g/mol. The maximum absolute atomic E-state index is 13.2. The second kappa shape index (κ2) is 8.59. The molecule has 0 saturated carbocycles. The number of Topliss-reactive ketones (excluding diaryl/α,β-unsaturated/α-hetero) is 1. The molecule has 1 saturated heterocycles. The molecule has 1 aliphatic heterocycles. The average Bonchev–Trinajstić information content (AvgIpc) is 3.04. The Morgan fingerprint density at radius 1 is 1.03 bits per heavy atom. The zero-order valence-electron chi connectivity index (χ0n) is 18.6. The van der Waals surface area contributed by atoms with Crippen molar-refractivity contribution in [3.63, 3.8) is 0 Å². The molecule has 0 N–H and O–H groups in total. The summed E-state index contributed by atoms with van der Waals surface area (Å²) in [5, 5.41) is 2.08. The highest BCUT2D eigenvalue weighted by molar-refractivity contribution is 6.99. The van der Waals surface area contributed by atoms with Crippen LogP contribution in [-0.4, -0.2) is 38.7 Å². The van der Waals surface area contributed by atoms with E-state index in [0.29, 0.717) is 0 Å². The van der Waals surface area contributed by atoms with Gasteiger partial charge in [0, 0.05) is 0 Å². The summed E-state index contributed by atoms with van der Waals surface area (Å²) in [5.41, 5.74) is 0. The van der Waals surface area contributed by atoms with Crippen LogP contribution in [0.4, 0.5) is 0 Å². The van der Waals surface area contributed by atoms with Crippen molar-refractivity contribution in [2.24, 2.45) is 0 Å². The summed E-state index contributed by atoms with van der Waals surface area (Å²) in [4.78, 5) is 13.2. The van der Waals surface area contributed by atoms with E-state index in [9.17, 15) is 4.79 Å². The van der Waals surface area contributed by atoms with Crippen LogP contribution in [0.3, 0.4) is 0 Å². The number of ketones is 1. The first-order valence-electron chi connectivity index (χ1n) is 10.4. The fraction of sp³-hybridized carbons (Fsp3) is 0.400. The highest BCUT2D eigenvalue weighted by atomic mass is 28.4. The van der Waals surface area contributed by atoms with Gasteiger partial charge in [0.25, 0.3) is 8.32 Å². The van der Waals surface area contributed by atoms with Gasteiger partial charge in [-0.05, 0) is 29.3 Å². The zero-order valence-corrected chi connectivity index (χ0v) is 19.6. The van der Waals surface area contributed by atoms with Crippen LogP contribution in [0.25, 0.3) is 0 Å². The summed E-state index contributed by atoms with van der Waals surface area (Å²) in [5.74, 6) is -0.949. The number of hydrogen-bond acceptors (Lipinski definition) is 4. The van der Waals surface area contributed by atoms with Crippen LogP contribution >= 0.6 is 0 Å². The van der Waals surface area contributed by atoms with Gasteiger partial charge in [-0.25, -0.2) is 0 Å². The van der Waals surface area contributed by atoms with E-state index in [0.717, 1.165) is 10.4 Å². The van der Waals surface area contributed by atoms with Gasteiger partial charge >= 0.3 is 0 Å². The second-order valence-electron chi connectivity index (χ2n) is 9.17. The summed E-state index contributed by atoms with van der Waals surface area (Å²) >= 11 is 0. The Morgan fingerprint density at radius 2 is 1.53 bits per heavy atom. The standard InChI is InChI=1S/C25H32O4Si/c1-7-22-23(29-25(5,6)28-22)21(26)18-27-30(24(2,3)4,19-14-10-8-11-15-19)20-16-12-9-13-17-20/h7-17,22-23H,1,18H2,2-6H3. The quantitative estimate of drug-likeness (QED) is 0.500. The maximum Gasteiger partial charge on any atom is 0.261 e. The molecule has 2 unspecified atom stereocenters. The number of carbonyl (C=O) groups is 1. The number of rotatable bonds is 7. The summed E-state index contributed by atoms with van der Waals surface area (Å²) in [6.45, 7) is 13.9. The van der Waals surface area contributed by atoms with Crippen molar-refractivity contribution in [3.05, 3.63) is 73.3 Å². The lowest BCUT2D eigenvalue weighted by Gasteiger charge is -2.43. The SMILES string of the molecule is C=CC1OC(C)(C)OC1C(=O)CO[Si](c1ccccc1)(c1ccccc1)C(C)(C)C. The average molecular weight is 425 g/mol. The van der Waals surface area contributed by atoms with Crippen LogP contribution in [-0.2, 0) is 18.7 Å². The first-order chi connectivity index (χ1) is 14.1. The maximum atomic E-state index is 13.2. The van der Waals surface area contributed by atoms with Crippen molar-refractivity contribution in [1.29, 1.82) is 0 Å². The molecule has 1 heterocycles. The van der Waals surface area contributed by atoms with E-state index < -0.39 is 26.3 Å². The molecule has 0 amide bonds. The van der Waals surface area contributed by atoms with Crippen molar-refractivity contribution in [2.75, 3.05) is 6.61 Å². The fourth-order valence-corrected chi connectivity index (χ4v) is 8.75. The molecule has 0 spiro atoms. The molecule has 2 atom stereocenters. The van der Waals surface area contributed by atoms with Crippen molar-refractivity contribution in [3.8, 4) is 0 Å². The first-order valence-corrected chi connectivity index (χ1v) is 12.3. The Bertz CT molecular complexity index is 832. The molecule has 0 radical (unpaired) electrons. The molecule has 30 heavy (non-hydrogen) atoms. The van der Waals surface area contributed by atoms with Gasteiger partial charge in [-0.2, -0.15) is 0 Å². The predicted molar refractivity (Wildman–Crippen MR) is 123 cm³/mol. The third kappa shape index (κ3) is 4.35. The minimum Gasteiger partial charge on any atom is -0.400 e. The van der Waals surface area contributed by atoms with E-state index in [2.05, 4.69) is 51.6 Å². The fourth-order valence-electron chi connectivity index (χ4n) is 4.23. The molecule has 0 aliphatic carbocycles. The minimum absolute atomic E-state index is 0.0400. The smallest absolute Gasteiger partial charge is 0.261 e. The van der Waals surface area contributed by atoms with Gasteiger partial charge in [0.2, 0.25) is 0 Å². The topological polar surface area (TPSA) is 44.8 Å². The van der Waals surface area contributed by atoms with Gasteiger partial charge < -0.3 is 13.9 Å². The van der Waals surface area contributed by atoms with Crippen molar-refractivity contribution < 1.29 is 18.7 Å². The van der Waals surface area contributed by atoms with Crippen LogP contribution in [0.15, 0.2) is 73.3 Å². The van der Waals surface area contributed by atoms with E-state index >= 15 is 0 Å². The van der Waals surface area contributed by atoms with Gasteiger partial charge in [0.05, 0.1) is 6.61 Å². The zero-order chi connectivity index (χ0) is 22.0. The molecule has 3 rings (SSSR count). The van der Waals surface area contributed by atoms with Crippen LogP contribution in [0.2, 0.25) is 5.04 Å². The molecular formula is C25H32O4Si. The Kier molecular flexibility index (Phi) is 6.48. The summed E-state index contributed by atoms with van der Waals surface area (Å²) in [6, 6.07) is 20.6. The highest BCUT2D eigenvalue weighted by Gasteiger charge is 2.51. The highest BCUT2D eigenvalue weighted by Crippen LogP contribution is 2.37. The third-order valence-corrected chi connectivity index (χ3v) is 10.5. The van der Waals surface area contributed by atoms with E-state index in [1.807, 2.05) is 36.4 Å². The molecule has 1 fully saturated rings. The lowest BCUT2D eigenvalue weighted by Crippen LogP contribution is -2.67. The Morgan fingerprint density at radius 3 is 1.97 bits per heavy atom. The second-order valence-corrected chi connectivity index (χ2v) is 13.5.